The molecule has 0 saturated carbocycles. The molecule has 0 fully saturated rings. The lowest BCUT2D eigenvalue weighted by Crippen LogP contribution is -2.16. The molecule has 0 aliphatic rings. The number of nitriles is 5. The lowest BCUT2D eigenvalue weighted by Gasteiger charge is -2.26. The first-order chi connectivity index (χ1) is 38.7. The maximum atomic E-state index is 16.1. The SMILES string of the molecule is N#Cc1ccc(-c2ccc3c4ccc(-c5ccc(C#N)cc5)cc4n(-c4cc(C#N)cc(-n5c6cc(-c7ccc(C#N)cc7)ccc6c6ccc(-c7ccc(C#N)cc7)cc65)c4-c4c(C(F)(F)F)cccc4C(F)(F)F)c3c2)cc1. The van der Waals surface area contributed by atoms with Gasteiger partial charge in [0.1, 0.15) is 0 Å². The first-order valence-electron chi connectivity index (χ1n) is 24.7. The van der Waals surface area contributed by atoms with Gasteiger partial charge in [-0.25, -0.2) is 0 Å². The van der Waals surface area contributed by atoms with Crippen LogP contribution < -0.4 is 0 Å². The van der Waals surface area contributed by atoms with Gasteiger partial charge in [-0.15, -0.1) is 0 Å². The van der Waals surface area contributed by atoms with Crippen molar-refractivity contribution in [2.24, 2.45) is 0 Å². The maximum absolute atomic E-state index is 16.1. The standard InChI is InChI=1S/C67H33F6N7/c68-66(69,70)56-2-1-3-57(67(71,72)73)64(56)65-62(79-58-30-48(44-12-4-39(34-74)5-13-44)20-24-52(58)53-25-21-49(31-59(53)79)45-14-6-40(35-75)7-15-45)28-43(38-78)29-63(65)80-60-32-50(46-16-8-41(36-76)9-17-46)22-26-54(60)55-27-23-51(33-61(55)80)47-18-10-42(37-77)11-19-47/h1-33H. The summed E-state index contributed by atoms with van der Waals surface area (Å²) in [7, 11) is 0. The van der Waals surface area contributed by atoms with E-state index in [2.05, 4.69) is 30.3 Å². The second kappa shape index (κ2) is 19.1. The van der Waals surface area contributed by atoms with E-state index in [-0.39, 0.29) is 16.9 Å². The van der Waals surface area contributed by atoms with Gasteiger partial charge in [-0.1, -0.05) is 103 Å². The van der Waals surface area contributed by atoms with Crippen LogP contribution in [0.2, 0.25) is 0 Å². The summed E-state index contributed by atoms with van der Waals surface area (Å²) in [5, 5.41) is 52.1. The Morgan fingerprint density at radius 1 is 0.275 bits per heavy atom. The zero-order valence-corrected chi connectivity index (χ0v) is 41.5. The molecule has 2 heterocycles. The molecule has 2 aromatic heterocycles. The Labute approximate surface area is 452 Å². The van der Waals surface area contributed by atoms with Gasteiger partial charge in [0.15, 0.2) is 0 Å². The lowest BCUT2D eigenvalue weighted by molar-refractivity contribution is -0.142. The monoisotopic (exact) mass is 1050 g/mol. The highest BCUT2D eigenvalue weighted by molar-refractivity contribution is 6.14. The smallest absolute Gasteiger partial charge is 0.308 e. The zero-order chi connectivity index (χ0) is 55.6. The molecule has 0 saturated heterocycles. The molecule has 0 unspecified atom stereocenters. The fourth-order valence-electron chi connectivity index (χ4n) is 10.8. The molecule has 10 aromatic carbocycles. The highest BCUT2D eigenvalue weighted by Gasteiger charge is 2.43. The number of benzene rings is 10. The zero-order valence-electron chi connectivity index (χ0n) is 41.5. The van der Waals surface area contributed by atoms with Gasteiger partial charge in [0.2, 0.25) is 0 Å². The predicted molar refractivity (Wildman–Crippen MR) is 296 cm³/mol. The largest absolute Gasteiger partial charge is 0.417 e. The molecule has 0 atom stereocenters. The van der Waals surface area contributed by atoms with Crippen LogP contribution in [0.5, 0.6) is 0 Å². The van der Waals surface area contributed by atoms with Crippen LogP contribution in [0.1, 0.15) is 38.9 Å². The van der Waals surface area contributed by atoms with Crippen LogP contribution in [-0.4, -0.2) is 9.13 Å². The summed E-state index contributed by atoms with van der Waals surface area (Å²) in [5.41, 5.74) is 2.85. The summed E-state index contributed by atoms with van der Waals surface area (Å²) in [6, 6.07) is 64.1. The molecule has 80 heavy (non-hydrogen) atoms. The number of hydrogen-bond acceptors (Lipinski definition) is 5. The van der Waals surface area contributed by atoms with E-state index in [0.29, 0.717) is 123 Å². The average Bonchev–Trinajstić information content (AvgIpc) is 4.05. The quantitative estimate of drug-likeness (QED) is 0.147. The number of nitrogens with zero attached hydrogens (tertiary/aromatic N) is 7. The number of aromatic nitrogens is 2. The minimum absolute atomic E-state index is 0.0974. The second-order valence-electron chi connectivity index (χ2n) is 19.1. The molecule has 0 N–H and O–H groups in total. The fourth-order valence-corrected chi connectivity index (χ4v) is 10.8. The van der Waals surface area contributed by atoms with E-state index < -0.39 is 34.6 Å². The number of fused-ring (bicyclic) bond motifs is 6. The molecule has 0 aliphatic carbocycles. The Morgan fingerprint density at radius 2 is 0.525 bits per heavy atom. The minimum atomic E-state index is -5.36. The average molecular weight is 1050 g/mol. The van der Waals surface area contributed by atoms with Gasteiger partial charge in [-0.05, 0) is 142 Å². The minimum Gasteiger partial charge on any atom is -0.308 e. The van der Waals surface area contributed by atoms with Crippen LogP contribution in [-0.2, 0) is 12.4 Å². The Bertz CT molecular complexity index is 4240. The molecular formula is C67H33F6N7. The van der Waals surface area contributed by atoms with E-state index >= 15 is 26.3 Å². The van der Waals surface area contributed by atoms with Crippen LogP contribution in [0, 0.1) is 56.7 Å². The van der Waals surface area contributed by atoms with Gasteiger partial charge in [-0.2, -0.15) is 52.7 Å². The summed E-state index contributed by atoms with van der Waals surface area (Å²) in [4.78, 5) is 0. The summed E-state index contributed by atoms with van der Waals surface area (Å²) in [6.07, 6.45) is -10.7. The molecule has 13 heteroatoms. The molecule has 7 nitrogen and oxygen atoms in total. The van der Waals surface area contributed by atoms with Crippen molar-refractivity contribution in [1.82, 2.24) is 9.13 Å². The Morgan fingerprint density at radius 3 is 0.762 bits per heavy atom. The summed E-state index contributed by atoms with van der Waals surface area (Å²) in [5.74, 6) is 0. The van der Waals surface area contributed by atoms with Crippen molar-refractivity contribution in [1.29, 1.82) is 26.3 Å². The van der Waals surface area contributed by atoms with E-state index in [0.717, 1.165) is 6.07 Å². The van der Waals surface area contributed by atoms with Gasteiger partial charge < -0.3 is 9.13 Å². The topological polar surface area (TPSA) is 129 Å². The van der Waals surface area contributed by atoms with E-state index in [1.54, 1.807) is 130 Å². The molecule has 0 spiro atoms. The predicted octanol–water partition coefficient (Wildman–Crippen LogP) is 17.6. The molecule has 12 rings (SSSR count). The van der Waals surface area contributed by atoms with Crippen LogP contribution in [0.4, 0.5) is 26.3 Å². The van der Waals surface area contributed by atoms with Gasteiger partial charge in [-0.3, -0.25) is 0 Å². The van der Waals surface area contributed by atoms with Crippen molar-refractivity contribution in [2.45, 2.75) is 12.4 Å². The molecular weight excluding hydrogens is 1020 g/mol. The van der Waals surface area contributed by atoms with Crippen molar-refractivity contribution >= 4 is 43.6 Å². The third kappa shape index (κ3) is 8.48. The van der Waals surface area contributed by atoms with Crippen molar-refractivity contribution in [3.8, 4) is 97.4 Å². The van der Waals surface area contributed by atoms with Crippen LogP contribution >= 0.6 is 0 Å². The molecule has 0 amide bonds. The fraction of sp³-hybridized carbons (Fsp3) is 0.0299. The highest BCUT2D eigenvalue weighted by Crippen LogP contribution is 2.51. The maximum Gasteiger partial charge on any atom is 0.417 e. The van der Waals surface area contributed by atoms with Crippen molar-refractivity contribution in [3.63, 3.8) is 0 Å². The van der Waals surface area contributed by atoms with Gasteiger partial charge in [0.25, 0.3) is 0 Å². The van der Waals surface area contributed by atoms with Gasteiger partial charge >= 0.3 is 12.4 Å². The summed E-state index contributed by atoms with van der Waals surface area (Å²) < 4.78 is 99.7. The molecule has 0 bridgehead atoms. The molecule has 0 aliphatic heterocycles. The van der Waals surface area contributed by atoms with Crippen molar-refractivity contribution in [2.75, 3.05) is 0 Å². The molecule has 0 radical (unpaired) electrons. The third-order valence-corrected chi connectivity index (χ3v) is 14.6. The Kier molecular flexibility index (Phi) is 11.9. The number of alkyl halides is 6. The van der Waals surface area contributed by atoms with Gasteiger partial charge in [0.05, 0.1) is 103 Å². The van der Waals surface area contributed by atoms with E-state index in [4.69, 9.17) is 0 Å². The van der Waals surface area contributed by atoms with Crippen LogP contribution in [0.15, 0.2) is 200 Å². The van der Waals surface area contributed by atoms with E-state index in [1.807, 2.05) is 48.5 Å². The Balaban J connectivity index is 1.29. The second-order valence-corrected chi connectivity index (χ2v) is 19.1. The first-order valence-corrected chi connectivity index (χ1v) is 24.7. The summed E-state index contributed by atoms with van der Waals surface area (Å²) in [6.45, 7) is 0. The highest BCUT2D eigenvalue weighted by atomic mass is 19.4. The number of rotatable bonds is 7. The first kappa shape index (κ1) is 49.7. The Hall–Kier alpha value is -11.2. The molecule has 12 aromatic rings. The molecule has 378 valence electrons. The van der Waals surface area contributed by atoms with E-state index in [1.165, 1.54) is 12.1 Å². The van der Waals surface area contributed by atoms with Crippen molar-refractivity contribution < 1.29 is 26.3 Å². The lowest BCUT2D eigenvalue weighted by atomic mass is 9.89. The van der Waals surface area contributed by atoms with E-state index in [9.17, 15) is 26.3 Å². The number of hydrogen-bond donors (Lipinski definition) is 0. The van der Waals surface area contributed by atoms with Crippen molar-refractivity contribution in [3.05, 3.63) is 239 Å². The van der Waals surface area contributed by atoms with Crippen LogP contribution in [0.3, 0.4) is 0 Å². The van der Waals surface area contributed by atoms with Crippen LogP contribution in [0.25, 0.3) is 111 Å². The van der Waals surface area contributed by atoms with Gasteiger partial charge in [0, 0.05) is 32.7 Å². The third-order valence-electron chi connectivity index (χ3n) is 14.6. The summed E-state index contributed by atoms with van der Waals surface area (Å²) >= 11 is 0. The number of halogens is 6. The normalized spacial score (nSPS) is 11.6.